The molecule has 0 radical (unpaired) electrons. The molecule has 2 aromatic rings. The quantitative estimate of drug-likeness (QED) is 0.765. The average molecular weight is 382 g/mol. The van der Waals surface area contributed by atoms with E-state index in [1.54, 1.807) is 0 Å². The van der Waals surface area contributed by atoms with Gasteiger partial charge in [0.05, 0.1) is 25.2 Å². The Labute approximate surface area is 151 Å². The van der Waals surface area contributed by atoms with Crippen LogP contribution < -0.4 is 19.5 Å². The Morgan fingerprint density at radius 1 is 1.08 bits per heavy atom. The molecule has 2 rings (SSSR count). The van der Waals surface area contributed by atoms with Gasteiger partial charge in [0.15, 0.2) is 11.5 Å². The number of sulfonamides is 1. The molecule has 0 fully saturated rings. The van der Waals surface area contributed by atoms with Crippen molar-refractivity contribution in [2.45, 2.75) is 17.9 Å². The van der Waals surface area contributed by atoms with Crippen LogP contribution in [0.4, 0.5) is 10.1 Å². The fourth-order valence-corrected chi connectivity index (χ4v) is 3.37. The summed E-state index contributed by atoms with van der Waals surface area (Å²) in [4.78, 5) is 12.1. The minimum atomic E-state index is -3.98. The summed E-state index contributed by atoms with van der Waals surface area (Å²) in [5, 5.41) is 2.45. The molecule has 0 aromatic heterocycles. The molecule has 7 nitrogen and oxygen atoms in total. The summed E-state index contributed by atoms with van der Waals surface area (Å²) < 4.78 is 50.5. The van der Waals surface area contributed by atoms with Crippen molar-refractivity contribution in [2.75, 3.05) is 19.5 Å². The van der Waals surface area contributed by atoms with E-state index in [0.29, 0.717) is 5.75 Å². The van der Waals surface area contributed by atoms with Crippen molar-refractivity contribution in [1.29, 1.82) is 0 Å². The summed E-state index contributed by atoms with van der Waals surface area (Å²) in [6.07, 6.45) is 0. The lowest BCUT2D eigenvalue weighted by molar-refractivity contribution is -0.117. The van der Waals surface area contributed by atoms with Gasteiger partial charge in [-0.3, -0.25) is 4.79 Å². The highest BCUT2D eigenvalue weighted by molar-refractivity contribution is 7.89. The normalized spacial score (nSPS) is 12.3. The maximum Gasteiger partial charge on any atom is 0.242 e. The summed E-state index contributed by atoms with van der Waals surface area (Å²) in [6.45, 7) is 1.38. The van der Waals surface area contributed by atoms with Crippen molar-refractivity contribution >= 4 is 21.6 Å². The summed E-state index contributed by atoms with van der Waals surface area (Å²) in [5.74, 6) is -0.517. The zero-order chi connectivity index (χ0) is 19.3. The van der Waals surface area contributed by atoms with E-state index in [9.17, 15) is 17.6 Å². The van der Waals surface area contributed by atoms with Crippen molar-refractivity contribution in [3.05, 3.63) is 48.3 Å². The SMILES string of the molecule is COc1ccc(S(=O)(=O)N[C@@H](C)C(=O)Nc2cccc(F)c2)cc1OC. The largest absolute Gasteiger partial charge is 0.493 e. The van der Waals surface area contributed by atoms with Gasteiger partial charge in [0.1, 0.15) is 5.82 Å². The van der Waals surface area contributed by atoms with Gasteiger partial charge < -0.3 is 14.8 Å². The lowest BCUT2D eigenvalue weighted by Crippen LogP contribution is -2.41. The molecule has 0 aliphatic rings. The van der Waals surface area contributed by atoms with Crippen LogP contribution in [0.5, 0.6) is 11.5 Å². The molecular formula is C17H19FN2O5S. The Morgan fingerprint density at radius 2 is 1.77 bits per heavy atom. The standard InChI is InChI=1S/C17H19FN2O5S/c1-11(17(21)19-13-6-4-5-12(18)9-13)20-26(22,23)14-7-8-15(24-2)16(10-14)25-3/h4-11,20H,1-3H3,(H,19,21)/t11-/m0/s1. The van der Waals surface area contributed by atoms with Gasteiger partial charge in [0.2, 0.25) is 15.9 Å². The van der Waals surface area contributed by atoms with Crippen molar-refractivity contribution in [3.63, 3.8) is 0 Å². The van der Waals surface area contributed by atoms with E-state index in [0.717, 1.165) is 6.07 Å². The highest BCUT2D eigenvalue weighted by atomic mass is 32.2. The number of carbonyl (C=O) groups is 1. The molecule has 0 bridgehead atoms. The van der Waals surface area contributed by atoms with Crippen LogP contribution in [-0.2, 0) is 14.8 Å². The molecule has 1 amide bonds. The number of carbonyl (C=O) groups excluding carboxylic acids is 1. The zero-order valence-corrected chi connectivity index (χ0v) is 15.3. The number of rotatable bonds is 7. The van der Waals surface area contributed by atoms with E-state index in [4.69, 9.17) is 9.47 Å². The lowest BCUT2D eigenvalue weighted by atomic mass is 10.3. The fourth-order valence-electron chi connectivity index (χ4n) is 2.15. The maximum absolute atomic E-state index is 13.2. The van der Waals surface area contributed by atoms with Crippen molar-refractivity contribution in [1.82, 2.24) is 4.72 Å². The second-order valence-electron chi connectivity index (χ2n) is 5.36. The molecule has 9 heteroatoms. The van der Waals surface area contributed by atoms with Gasteiger partial charge >= 0.3 is 0 Å². The predicted molar refractivity (Wildman–Crippen MR) is 94.4 cm³/mol. The van der Waals surface area contributed by atoms with Crippen LogP contribution in [0.2, 0.25) is 0 Å². The van der Waals surface area contributed by atoms with Gasteiger partial charge in [0.25, 0.3) is 0 Å². The van der Waals surface area contributed by atoms with Gasteiger partial charge in [-0.25, -0.2) is 12.8 Å². The first-order valence-corrected chi connectivity index (χ1v) is 9.06. The van der Waals surface area contributed by atoms with Crippen LogP contribution in [-0.4, -0.2) is 34.6 Å². The van der Waals surface area contributed by atoms with Gasteiger partial charge in [0, 0.05) is 11.8 Å². The number of nitrogens with one attached hydrogen (secondary N) is 2. The van der Waals surface area contributed by atoms with Gasteiger partial charge in [-0.1, -0.05) is 6.07 Å². The third-order valence-electron chi connectivity index (χ3n) is 3.48. The lowest BCUT2D eigenvalue weighted by Gasteiger charge is -2.15. The Bertz CT molecular complexity index is 902. The third kappa shape index (κ3) is 4.70. The van der Waals surface area contributed by atoms with E-state index < -0.39 is 27.8 Å². The first-order chi connectivity index (χ1) is 12.3. The van der Waals surface area contributed by atoms with E-state index in [2.05, 4.69) is 10.0 Å². The van der Waals surface area contributed by atoms with Crippen LogP contribution in [0.1, 0.15) is 6.92 Å². The molecule has 0 unspecified atom stereocenters. The molecule has 140 valence electrons. The van der Waals surface area contributed by atoms with Crippen LogP contribution in [0.25, 0.3) is 0 Å². The highest BCUT2D eigenvalue weighted by Crippen LogP contribution is 2.29. The monoisotopic (exact) mass is 382 g/mol. The van der Waals surface area contributed by atoms with Crippen molar-refractivity contribution < 1.29 is 27.1 Å². The first-order valence-electron chi connectivity index (χ1n) is 7.57. The Balaban J connectivity index is 2.14. The van der Waals surface area contributed by atoms with Crippen molar-refractivity contribution in [2.24, 2.45) is 0 Å². The highest BCUT2D eigenvalue weighted by Gasteiger charge is 2.23. The summed E-state index contributed by atoms with van der Waals surface area (Å²) in [6, 6.07) is 8.28. The molecular weight excluding hydrogens is 363 g/mol. The van der Waals surface area contributed by atoms with Crippen LogP contribution in [0, 0.1) is 5.82 Å². The van der Waals surface area contributed by atoms with E-state index >= 15 is 0 Å². The predicted octanol–water partition coefficient (Wildman–Crippen LogP) is 2.15. The molecule has 2 N–H and O–H groups in total. The van der Waals surface area contributed by atoms with Gasteiger partial charge in [-0.15, -0.1) is 0 Å². The van der Waals surface area contributed by atoms with Crippen LogP contribution >= 0.6 is 0 Å². The number of hydrogen-bond acceptors (Lipinski definition) is 5. The molecule has 1 atom stereocenters. The molecule has 0 heterocycles. The molecule has 0 saturated heterocycles. The Hall–Kier alpha value is -2.65. The number of methoxy groups -OCH3 is 2. The molecule has 0 aliphatic heterocycles. The van der Waals surface area contributed by atoms with Crippen LogP contribution in [0.3, 0.4) is 0 Å². The van der Waals surface area contributed by atoms with E-state index in [-0.39, 0.29) is 16.3 Å². The number of anilines is 1. The third-order valence-corrected chi connectivity index (χ3v) is 5.02. The molecule has 2 aromatic carbocycles. The first kappa shape index (κ1) is 19.7. The van der Waals surface area contributed by atoms with Crippen LogP contribution in [0.15, 0.2) is 47.4 Å². The zero-order valence-electron chi connectivity index (χ0n) is 14.4. The van der Waals surface area contributed by atoms with Crippen molar-refractivity contribution in [3.8, 4) is 11.5 Å². The van der Waals surface area contributed by atoms with E-state index in [1.165, 1.54) is 57.5 Å². The topological polar surface area (TPSA) is 93.7 Å². The molecule has 0 spiro atoms. The second kappa shape index (κ2) is 8.15. The summed E-state index contributed by atoms with van der Waals surface area (Å²) >= 11 is 0. The minimum absolute atomic E-state index is 0.0828. The smallest absolute Gasteiger partial charge is 0.242 e. The number of ether oxygens (including phenoxy) is 2. The average Bonchev–Trinajstić information content (AvgIpc) is 2.60. The number of hydrogen-bond donors (Lipinski definition) is 2. The Morgan fingerprint density at radius 3 is 2.38 bits per heavy atom. The molecule has 26 heavy (non-hydrogen) atoms. The number of benzene rings is 2. The van der Waals surface area contributed by atoms with Gasteiger partial charge in [-0.05, 0) is 37.3 Å². The second-order valence-corrected chi connectivity index (χ2v) is 7.07. The maximum atomic E-state index is 13.2. The number of amides is 1. The van der Waals surface area contributed by atoms with E-state index in [1.807, 2.05) is 0 Å². The summed E-state index contributed by atoms with van der Waals surface area (Å²) in [7, 11) is -1.16. The summed E-state index contributed by atoms with van der Waals surface area (Å²) in [5.41, 5.74) is 0.229. The fraction of sp³-hybridized carbons (Fsp3) is 0.235. The number of halogens is 1. The molecule has 0 aliphatic carbocycles. The Kier molecular flexibility index (Phi) is 6.17. The van der Waals surface area contributed by atoms with Gasteiger partial charge in [-0.2, -0.15) is 4.72 Å². The minimum Gasteiger partial charge on any atom is -0.493 e. The molecule has 0 saturated carbocycles.